The fourth-order valence-corrected chi connectivity index (χ4v) is 3.91. The first-order valence-electron chi connectivity index (χ1n) is 8.23. The number of hydrogen-bond acceptors (Lipinski definition) is 4. The number of carbonyl (C=O) groups excluding carboxylic acids is 2. The molecule has 2 aromatic carbocycles. The minimum Gasteiger partial charge on any atom is -0.322 e. The highest BCUT2D eigenvalue weighted by atomic mass is 32.2. The summed E-state index contributed by atoms with van der Waals surface area (Å²) in [5, 5.41) is 2.31. The predicted molar refractivity (Wildman–Crippen MR) is 98.4 cm³/mol. The molecule has 0 radical (unpaired) electrons. The fraction of sp³-hybridized carbons (Fsp3) is 0.222. The van der Waals surface area contributed by atoms with Crippen LogP contribution in [0.5, 0.6) is 0 Å². The SMILES string of the molecule is CC(=O)N1CCc2cc(S(=O)(=O)NCC(=O)Nc3ccccc3F)ccc21. The smallest absolute Gasteiger partial charge is 0.241 e. The number of para-hydroxylation sites is 1. The number of nitrogens with one attached hydrogen (secondary N) is 2. The van der Waals surface area contributed by atoms with E-state index < -0.39 is 28.3 Å². The lowest BCUT2D eigenvalue weighted by Crippen LogP contribution is -2.33. The summed E-state index contributed by atoms with van der Waals surface area (Å²) in [6.45, 7) is 1.43. The van der Waals surface area contributed by atoms with Crippen LogP contribution in [-0.2, 0) is 26.0 Å². The number of nitrogens with zero attached hydrogens (tertiary/aromatic N) is 1. The molecule has 0 aliphatic carbocycles. The molecule has 0 fully saturated rings. The molecule has 9 heteroatoms. The lowest BCUT2D eigenvalue weighted by atomic mass is 10.2. The number of carbonyl (C=O) groups is 2. The first-order chi connectivity index (χ1) is 12.8. The van der Waals surface area contributed by atoms with E-state index in [1.807, 2.05) is 0 Å². The van der Waals surface area contributed by atoms with Crippen LogP contribution in [0.25, 0.3) is 0 Å². The normalized spacial score (nSPS) is 13.3. The van der Waals surface area contributed by atoms with Crippen LogP contribution >= 0.6 is 0 Å². The summed E-state index contributed by atoms with van der Waals surface area (Å²) in [5.41, 5.74) is 1.42. The van der Waals surface area contributed by atoms with E-state index in [-0.39, 0.29) is 16.5 Å². The van der Waals surface area contributed by atoms with Gasteiger partial charge in [-0.25, -0.2) is 17.5 Å². The lowest BCUT2D eigenvalue weighted by Gasteiger charge is -2.15. The molecule has 1 heterocycles. The summed E-state index contributed by atoms with van der Waals surface area (Å²) in [7, 11) is -3.93. The molecule has 2 amide bonds. The zero-order valence-electron chi connectivity index (χ0n) is 14.5. The Balaban J connectivity index is 1.68. The van der Waals surface area contributed by atoms with Gasteiger partial charge in [0.05, 0.1) is 17.1 Å². The zero-order chi connectivity index (χ0) is 19.6. The van der Waals surface area contributed by atoms with Crippen molar-refractivity contribution in [3.05, 3.63) is 53.8 Å². The molecule has 0 aromatic heterocycles. The van der Waals surface area contributed by atoms with Gasteiger partial charge in [-0.3, -0.25) is 9.59 Å². The maximum absolute atomic E-state index is 13.5. The van der Waals surface area contributed by atoms with E-state index in [0.29, 0.717) is 18.7 Å². The Morgan fingerprint density at radius 3 is 2.63 bits per heavy atom. The summed E-state index contributed by atoms with van der Waals surface area (Å²) in [5.74, 6) is -1.40. The second-order valence-electron chi connectivity index (χ2n) is 6.06. The van der Waals surface area contributed by atoms with Crippen LogP contribution in [-0.4, -0.2) is 33.3 Å². The van der Waals surface area contributed by atoms with Crippen LogP contribution in [0.1, 0.15) is 12.5 Å². The van der Waals surface area contributed by atoms with Gasteiger partial charge in [0.2, 0.25) is 21.8 Å². The number of hydrogen-bond donors (Lipinski definition) is 2. The summed E-state index contributed by atoms with van der Waals surface area (Å²) in [6.07, 6.45) is 0.562. The van der Waals surface area contributed by atoms with Crippen molar-refractivity contribution >= 4 is 33.2 Å². The molecule has 1 aliphatic heterocycles. The number of sulfonamides is 1. The van der Waals surface area contributed by atoms with E-state index in [2.05, 4.69) is 10.0 Å². The largest absolute Gasteiger partial charge is 0.322 e. The first kappa shape index (κ1) is 19.0. The Hall–Kier alpha value is -2.78. The maximum Gasteiger partial charge on any atom is 0.241 e. The molecule has 0 atom stereocenters. The molecule has 0 unspecified atom stereocenters. The molecule has 3 rings (SSSR count). The predicted octanol–water partition coefficient (Wildman–Crippen LogP) is 1.65. The monoisotopic (exact) mass is 391 g/mol. The van der Waals surface area contributed by atoms with E-state index in [1.165, 1.54) is 37.3 Å². The average Bonchev–Trinajstić information content (AvgIpc) is 3.05. The number of fused-ring (bicyclic) bond motifs is 1. The topological polar surface area (TPSA) is 95.6 Å². The molecule has 142 valence electrons. The van der Waals surface area contributed by atoms with Gasteiger partial charge in [-0.2, -0.15) is 0 Å². The van der Waals surface area contributed by atoms with E-state index in [9.17, 15) is 22.4 Å². The summed E-state index contributed by atoms with van der Waals surface area (Å²) < 4.78 is 40.6. The minimum atomic E-state index is -3.93. The van der Waals surface area contributed by atoms with Crippen molar-refractivity contribution in [2.75, 3.05) is 23.3 Å². The van der Waals surface area contributed by atoms with Gasteiger partial charge in [0.1, 0.15) is 5.82 Å². The van der Waals surface area contributed by atoms with Crippen LogP contribution in [0.15, 0.2) is 47.4 Å². The Morgan fingerprint density at radius 2 is 1.93 bits per heavy atom. The molecule has 2 aromatic rings. The van der Waals surface area contributed by atoms with Crippen LogP contribution in [0.4, 0.5) is 15.8 Å². The Labute approximate surface area is 156 Å². The van der Waals surface area contributed by atoms with Crippen LogP contribution in [0.3, 0.4) is 0 Å². The Morgan fingerprint density at radius 1 is 1.19 bits per heavy atom. The van der Waals surface area contributed by atoms with Crippen molar-refractivity contribution in [2.24, 2.45) is 0 Å². The van der Waals surface area contributed by atoms with Crippen LogP contribution < -0.4 is 14.9 Å². The van der Waals surface area contributed by atoms with Gasteiger partial charge in [-0.15, -0.1) is 0 Å². The molecular weight excluding hydrogens is 373 g/mol. The lowest BCUT2D eigenvalue weighted by molar-refractivity contribution is -0.116. The average molecular weight is 391 g/mol. The summed E-state index contributed by atoms with van der Waals surface area (Å²) in [4.78, 5) is 25.1. The van der Waals surface area contributed by atoms with Crippen molar-refractivity contribution in [3.8, 4) is 0 Å². The third kappa shape index (κ3) is 4.15. The molecule has 0 saturated heterocycles. The first-order valence-corrected chi connectivity index (χ1v) is 9.71. The van der Waals surface area contributed by atoms with E-state index >= 15 is 0 Å². The van der Waals surface area contributed by atoms with Crippen molar-refractivity contribution in [2.45, 2.75) is 18.2 Å². The molecule has 2 N–H and O–H groups in total. The van der Waals surface area contributed by atoms with Crippen molar-refractivity contribution in [1.29, 1.82) is 0 Å². The highest BCUT2D eigenvalue weighted by molar-refractivity contribution is 7.89. The van der Waals surface area contributed by atoms with Gasteiger partial charge >= 0.3 is 0 Å². The van der Waals surface area contributed by atoms with Gasteiger partial charge in [0, 0.05) is 19.2 Å². The van der Waals surface area contributed by atoms with E-state index in [4.69, 9.17) is 0 Å². The number of rotatable bonds is 5. The molecule has 1 aliphatic rings. The Kier molecular flexibility index (Phi) is 5.24. The molecule has 27 heavy (non-hydrogen) atoms. The number of anilines is 2. The third-order valence-electron chi connectivity index (χ3n) is 4.21. The van der Waals surface area contributed by atoms with E-state index in [1.54, 1.807) is 17.0 Å². The Bertz CT molecular complexity index is 1010. The van der Waals surface area contributed by atoms with E-state index in [0.717, 1.165) is 5.56 Å². The second kappa shape index (κ2) is 7.45. The van der Waals surface area contributed by atoms with Gasteiger partial charge in [0.15, 0.2) is 0 Å². The van der Waals surface area contributed by atoms with Gasteiger partial charge < -0.3 is 10.2 Å². The van der Waals surface area contributed by atoms with Crippen molar-refractivity contribution < 1.29 is 22.4 Å². The molecule has 0 bridgehead atoms. The van der Waals surface area contributed by atoms with Gasteiger partial charge in [-0.1, -0.05) is 12.1 Å². The maximum atomic E-state index is 13.5. The second-order valence-corrected chi connectivity index (χ2v) is 7.83. The fourth-order valence-electron chi connectivity index (χ4n) is 2.87. The highest BCUT2D eigenvalue weighted by Gasteiger charge is 2.25. The zero-order valence-corrected chi connectivity index (χ0v) is 15.3. The molecule has 0 saturated carbocycles. The quantitative estimate of drug-likeness (QED) is 0.810. The van der Waals surface area contributed by atoms with Gasteiger partial charge in [0.25, 0.3) is 0 Å². The molecular formula is C18H18FN3O4S. The van der Waals surface area contributed by atoms with Crippen molar-refractivity contribution in [1.82, 2.24) is 4.72 Å². The van der Waals surface area contributed by atoms with Crippen LogP contribution in [0, 0.1) is 5.82 Å². The standard InChI is InChI=1S/C18H18FN3O4S/c1-12(23)22-9-8-13-10-14(6-7-17(13)22)27(25,26)20-11-18(24)21-16-5-3-2-4-15(16)19/h2-7,10,20H,8-9,11H2,1H3,(H,21,24). The van der Waals surface area contributed by atoms with Crippen LogP contribution in [0.2, 0.25) is 0 Å². The minimum absolute atomic E-state index is 0.00495. The number of benzene rings is 2. The third-order valence-corrected chi connectivity index (χ3v) is 5.61. The molecule has 0 spiro atoms. The summed E-state index contributed by atoms with van der Waals surface area (Å²) in [6, 6.07) is 10.1. The number of amides is 2. The van der Waals surface area contributed by atoms with Gasteiger partial charge in [-0.05, 0) is 42.3 Å². The molecule has 7 nitrogen and oxygen atoms in total. The van der Waals surface area contributed by atoms with Crippen molar-refractivity contribution in [3.63, 3.8) is 0 Å². The highest BCUT2D eigenvalue weighted by Crippen LogP contribution is 2.30. The summed E-state index contributed by atoms with van der Waals surface area (Å²) >= 11 is 0. The number of halogens is 1.